The van der Waals surface area contributed by atoms with Crippen LogP contribution in [0.5, 0.6) is 5.75 Å². The van der Waals surface area contributed by atoms with Crippen LogP contribution in [0.15, 0.2) is 32.9 Å². The fourth-order valence-corrected chi connectivity index (χ4v) is 1.78. The van der Waals surface area contributed by atoms with Crippen molar-refractivity contribution in [2.24, 2.45) is 5.10 Å². The van der Waals surface area contributed by atoms with E-state index in [1.54, 1.807) is 0 Å². The number of methoxy groups -OCH3 is 1. The number of hydrogen-bond donors (Lipinski definition) is 4. The standard InChI is InChI=1S/C13H13N7O6/c1-26-9-3-2-7(4-8(9)20(24)25)5-15-17-10(21)6-14-11-12(22)16-13(23)19-18-11/h2-5H,6H2,1H3,(H,14,18)(H,17,21)(H2,16,19,22,23)/b15-5+. The molecule has 13 heteroatoms. The van der Waals surface area contributed by atoms with E-state index < -0.39 is 22.1 Å². The summed E-state index contributed by atoms with van der Waals surface area (Å²) in [6.07, 6.45) is 1.20. The van der Waals surface area contributed by atoms with Crippen LogP contribution in [0.4, 0.5) is 11.5 Å². The number of hydrazone groups is 1. The van der Waals surface area contributed by atoms with E-state index in [1.807, 2.05) is 10.1 Å². The van der Waals surface area contributed by atoms with Gasteiger partial charge in [-0.1, -0.05) is 0 Å². The lowest BCUT2D eigenvalue weighted by Crippen LogP contribution is -2.31. The Labute approximate surface area is 144 Å². The largest absolute Gasteiger partial charge is 0.490 e. The van der Waals surface area contributed by atoms with E-state index >= 15 is 0 Å². The van der Waals surface area contributed by atoms with Gasteiger partial charge in [0.05, 0.1) is 24.8 Å². The number of carbonyl (C=O) groups is 1. The highest BCUT2D eigenvalue weighted by atomic mass is 16.6. The predicted octanol–water partition coefficient (Wildman–Crippen LogP) is -1.06. The zero-order valence-electron chi connectivity index (χ0n) is 13.3. The predicted molar refractivity (Wildman–Crippen MR) is 89.4 cm³/mol. The van der Waals surface area contributed by atoms with Gasteiger partial charge in [0, 0.05) is 11.6 Å². The van der Waals surface area contributed by atoms with Gasteiger partial charge in [0.25, 0.3) is 11.5 Å². The molecule has 0 saturated carbocycles. The first kappa shape index (κ1) is 18.3. The van der Waals surface area contributed by atoms with E-state index in [-0.39, 0.29) is 23.8 Å². The van der Waals surface area contributed by atoms with Gasteiger partial charge in [-0.25, -0.2) is 15.3 Å². The van der Waals surface area contributed by atoms with E-state index in [0.29, 0.717) is 5.56 Å². The summed E-state index contributed by atoms with van der Waals surface area (Å²) in [5.41, 5.74) is 0.730. The number of anilines is 1. The number of amides is 1. The molecule has 0 radical (unpaired) electrons. The van der Waals surface area contributed by atoms with Crippen molar-refractivity contribution in [2.75, 3.05) is 19.0 Å². The fourth-order valence-electron chi connectivity index (χ4n) is 1.78. The molecule has 26 heavy (non-hydrogen) atoms. The summed E-state index contributed by atoms with van der Waals surface area (Å²) in [5, 5.41) is 22.4. The highest BCUT2D eigenvalue weighted by Gasteiger charge is 2.14. The van der Waals surface area contributed by atoms with Crippen molar-refractivity contribution in [1.82, 2.24) is 20.6 Å². The third-order valence-electron chi connectivity index (χ3n) is 2.93. The molecule has 2 rings (SSSR count). The summed E-state index contributed by atoms with van der Waals surface area (Å²) in [7, 11) is 1.31. The minimum atomic E-state index is -0.782. The molecule has 0 unspecified atom stereocenters. The third kappa shape index (κ3) is 4.73. The summed E-state index contributed by atoms with van der Waals surface area (Å²) < 4.78 is 4.88. The number of ether oxygens (including phenoxy) is 1. The Kier molecular flexibility index (Phi) is 5.76. The fraction of sp³-hybridized carbons (Fsp3) is 0.154. The number of nitrogens with zero attached hydrogens (tertiary/aromatic N) is 3. The Morgan fingerprint density at radius 1 is 1.46 bits per heavy atom. The monoisotopic (exact) mass is 363 g/mol. The first-order valence-corrected chi connectivity index (χ1v) is 6.98. The van der Waals surface area contributed by atoms with Gasteiger partial charge in [0.2, 0.25) is 5.82 Å². The summed E-state index contributed by atoms with van der Waals surface area (Å²) in [5.74, 6) is -0.759. The molecule has 0 spiro atoms. The van der Waals surface area contributed by atoms with Crippen molar-refractivity contribution in [3.05, 3.63) is 54.7 Å². The maximum atomic E-state index is 11.6. The number of nitro groups is 1. The minimum Gasteiger partial charge on any atom is -0.490 e. The highest BCUT2D eigenvalue weighted by Crippen LogP contribution is 2.26. The smallest absolute Gasteiger partial charge is 0.342 e. The topological polar surface area (TPSA) is 184 Å². The number of rotatable bonds is 7. The second-order valence-corrected chi connectivity index (χ2v) is 4.69. The van der Waals surface area contributed by atoms with Crippen molar-refractivity contribution in [3.63, 3.8) is 0 Å². The second-order valence-electron chi connectivity index (χ2n) is 4.69. The Morgan fingerprint density at radius 3 is 2.88 bits per heavy atom. The summed E-state index contributed by atoms with van der Waals surface area (Å²) in [6.45, 7) is -0.345. The van der Waals surface area contributed by atoms with Crippen LogP contribution in [0.25, 0.3) is 0 Å². The number of aromatic nitrogens is 3. The lowest BCUT2D eigenvalue weighted by molar-refractivity contribution is -0.385. The number of benzene rings is 1. The molecule has 0 saturated heterocycles. The van der Waals surface area contributed by atoms with Crippen molar-refractivity contribution >= 4 is 23.6 Å². The minimum absolute atomic E-state index is 0.0963. The first-order chi connectivity index (χ1) is 12.4. The van der Waals surface area contributed by atoms with E-state index in [2.05, 4.69) is 20.9 Å². The molecule has 2 aromatic rings. The lowest BCUT2D eigenvalue weighted by Gasteiger charge is -2.03. The Morgan fingerprint density at radius 2 is 2.23 bits per heavy atom. The summed E-state index contributed by atoms with van der Waals surface area (Å²) in [6, 6.07) is 4.15. The molecular formula is C13H13N7O6. The zero-order chi connectivity index (χ0) is 19.1. The molecular weight excluding hydrogens is 350 g/mol. The van der Waals surface area contributed by atoms with Crippen LogP contribution in [0.3, 0.4) is 0 Å². The van der Waals surface area contributed by atoms with E-state index in [0.717, 1.165) is 0 Å². The first-order valence-electron chi connectivity index (χ1n) is 6.98. The van der Waals surface area contributed by atoms with Crippen LogP contribution in [0.1, 0.15) is 5.56 Å². The molecule has 1 heterocycles. The van der Waals surface area contributed by atoms with Gasteiger partial charge in [-0.15, -0.1) is 5.10 Å². The summed E-state index contributed by atoms with van der Waals surface area (Å²) in [4.78, 5) is 46.1. The van der Waals surface area contributed by atoms with Crippen molar-refractivity contribution < 1.29 is 14.5 Å². The van der Waals surface area contributed by atoms with Crippen LogP contribution < -0.4 is 26.7 Å². The van der Waals surface area contributed by atoms with Crippen molar-refractivity contribution in [1.29, 1.82) is 0 Å². The number of carbonyl (C=O) groups excluding carboxylic acids is 1. The quantitative estimate of drug-likeness (QED) is 0.272. The van der Waals surface area contributed by atoms with E-state index in [1.165, 1.54) is 31.5 Å². The lowest BCUT2D eigenvalue weighted by atomic mass is 10.2. The number of aromatic amines is 2. The number of H-pyrrole nitrogens is 2. The van der Waals surface area contributed by atoms with Gasteiger partial charge in [-0.2, -0.15) is 5.10 Å². The molecule has 1 amide bonds. The van der Waals surface area contributed by atoms with Crippen LogP contribution in [0, 0.1) is 10.1 Å². The van der Waals surface area contributed by atoms with E-state index in [9.17, 15) is 24.5 Å². The average molecular weight is 363 g/mol. The maximum Gasteiger partial charge on any atom is 0.342 e. The van der Waals surface area contributed by atoms with Gasteiger partial charge in [-0.3, -0.25) is 24.7 Å². The maximum absolute atomic E-state index is 11.6. The molecule has 136 valence electrons. The molecule has 1 aromatic heterocycles. The normalized spacial score (nSPS) is 10.5. The molecule has 0 bridgehead atoms. The van der Waals surface area contributed by atoms with Crippen molar-refractivity contribution in [3.8, 4) is 5.75 Å². The Bertz CT molecular complexity index is 964. The Balaban J connectivity index is 1.94. The van der Waals surface area contributed by atoms with Crippen LogP contribution >= 0.6 is 0 Å². The Hall–Kier alpha value is -4.03. The molecule has 1 aromatic carbocycles. The highest BCUT2D eigenvalue weighted by molar-refractivity contribution is 5.85. The van der Waals surface area contributed by atoms with Gasteiger partial charge in [0.1, 0.15) is 0 Å². The molecule has 0 fully saturated rings. The number of hydrogen-bond acceptors (Lipinski definition) is 9. The second kappa shape index (κ2) is 8.18. The van der Waals surface area contributed by atoms with Gasteiger partial charge >= 0.3 is 11.4 Å². The third-order valence-corrected chi connectivity index (χ3v) is 2.93. The molecule has 0 aliphatic carbocycles. The molecule has 0 aliphatic rings. The SMILES string of the molecule is COc1ccc(/C=N/NC(=O)CNc2n[nH]c(=O)[nH]c2=O)cc1[N+](=O)[O-]. The van der Waals surface area contributed by atoms with Gasteiger partial charge in [-0.05, 0) is 12.1 Å². The van der Waals surface area contributed by atoms with Gasteiger partial charge in [0.15, 0.2) is 5.75 Å². The molecule has 13 nitrogen and oxygen atoms in total. The summed E-state index contributed by atoms with van der Waals surface area (Å²) >= 11 is 0. The number of nitro benzene ring substituents is 1. The van der Waals surface area contributed by atoms with Crippen LogP contribution in [-0.2, 0) is 4.79 Å². The molecule has 0 aliphatic heterocycles. The zero-order valence-corrected chi connectivity index (χ0v) is 13.3. The molecule has 0 atom stereocenters. The van der Waals surface area contributed by atoms with Gasteiger partial charge < -0.3 is 10.1 Å². The number of nitrogens with one attached hydrogen (secondary N) is 4. The van der Waals surface area contributed by atoms with E-state index in [4.69, 9.17) is 4.74 Å². The van der Waals surface area contributed by atoms with Crippen LogP contribution in [0.2, 0.25) is 0 Å². The van der Waals surface area contributed by atoms with Crippen molar-refractivity contribution in [2.45, 2.75) is 0 Å². The van der Waals surface area contributed by atoms with Crippen LogP contribution in [-0.4, -0.2) is 45.9 Å². The average Bonchev–Trinajstić information content (AvgIpc) is 2.60. The molecule has 4 N–H and O–H groups in total.